The third kappa shape index (κ3) is 3.81. The molecule has 28 heavy (non-hydrogen) atoms. The van der Waals surface area contributed by atoms with Gasteiger partial charge in [0, 0.05) is 26.4 Å². The van der Waals surface area contributed by atoms with Crippen LogP contribution < -0.4 is 14.2 Å². The van der Waals surface area contributed by atoms with E-state index in [4.69, 9.17) is 12.2 Å². The molecule has 0 unspecified atom stereocenters. The van der Waals surface area contributed by atoms with Crippen LogP contribution in [0.1, 0.15) is 14.0 Å². The van der Waals surface area contributed by atoms with Gasteiger partial charge in [0.15, 0.2) is 0 Å². The van der Waals surface area contributed by atoms with E-state index in [0.29, 0.717) is 16.7 Å². The Morgan fingerprint density at radius 3 is 2.43 bits per heavy atom. The van der Waals surface area contributed by atoms with E-state index < -0.39 is 46.1 Å². The van der Waals surface area contributed by atoms with Crippen molar-refractivity contribution in [3.8, 4) is 11.8 Å². The van der Waals surface area contributed by atoms with Gasteiger partial charge in [-0.05, 0) is 19.1 Å². The van der Waals surface area contributed by atoms with E-state index in [2.05, 4.69) is 24.7 Å². The summed E-state index contributed by atoms with van der Waals surface area (Å²) >= 11 is 0. The Morgan fingerprint density at radius 2 is 1.86 bits per heavy atom. The molecule has 0 radical (unpaired) electrons. The molecular formula is C16H17F2N5O4S. The quantitative estimate of drug-likeness (QED) is 0.608. The average Bonchev–Trinajstić information content (AvgIpc) is 3.10. The van der Waals surface area contributed by atoms with Crippen molar-refractivity contribution < 1.29 is 29.4 Å². The fourth-order valence-corrected chi connectivity index (χ4v) is 3.58. The van der Waals surface area contributed by atoms with E-state index in [9.17, 15) is 17.2 Å². The number of nitrogens with zero attached hydrogens (tertiary/aromatic N) is 3. The Balaban J connectivity index is 2.08. The first kappa shape index (κ1) is 17.1. The van der Waals surface area contributed by atoms with Crippen LogP contribution in [-0.4, -0.2) is 49.0 Å². The second-order valence-corrected chi connectivity index (χ2v) is 7.14. The lowest BCUT2D eigenvalue weighted by Crippen LogP contribution is -2.16. The summed E-state index contributed by atoms with van der Waals surface area (Å²) < 4.78 is 79.2. The number of nitrogens with one attached hydrogen (secondary N) is 2. The molecule has 0 spiro atoms. The summed E-state index contributed by atoms with van der Waals surface area (Å²) in [4.78, 5) is 14.3. The highest BCUT2D eigenvalue weighted by Crippen LogP contribution is 2.30. The van der Waals surface area contributed by atoms with E-state index in [0.717, 1.165) is 14.2 Å². The van der Waals surface area contributed by atoms with Gasteiger partial charge in [-0.25, -0.2) is 26.9 Å². The topological polar surface area (TPSA) is 119 Å². The first-order valence-corrected chi connectivity index (χ1v) is 9.25. The SMILES string of the molecule is [2H]C([2H])(c1c(OC)nc(NS(=O)(=O)c2c[nH]c3nc(C)ccc23)nc1OC)C(F)F. The van der Waals surface area contributed by atoms with E-state index in [1.807, 2.05) is 0 Å². The number of sulfonamides is 1. The zero-order valence-corrected chi connectivity index (χ0v) is 15.8. The summed E-state index contributed by atoms with van der Waals surface area (Å²) in [6, 6.07) is 3.21. The molecule has 0 aromatic carbocycles. The van der Waals surface area contributed by atoms with Crippen molar-refractivity contribution in [1.29, 1.82) is 0 Å². The number of anilines is 1. The molecule has 0 saturated heterocycles. The number of aryl methyl sites for hydroxylation is 1. The molecule has 3 rings (SSSR count). The van der Waals surface area contributed by atoms with Crippen LogP contribution in [0.3, 0.4) is 0 Å². The number of H-pyrrole nitrogens is 1. The summed E-state index contributed by atoms with van der Waals surface area (Å²) in [6.45, 7) is 1.75. The molecular weight excluding hydrogens is 396 g/mol. The Labute approximate surface area is 162 Å². The summed E-state index contributed by atoms with van der Waals surface area (Å²) in [5.41, 5.74) is 0.298. The molecule has 0 atom stereocenters. The molecule has 12 heteroatoms. The van der Waals surface area contributed by atoms with Gasteiger partial charge in [-0.2, -0.15) is 9.97 Å². The fraction of sp³-hybridized carbons (Fsp3) is 0.312. The molecule has 0 aliphatic rings. The molecule has 2 N–H and O–H groups in total. The summed E-state index contributed by atoms with van der Waals surface area (Å²) in [5.74, 6) is -1.74. The molecule has 0 aliphatic heterocycles. The van der Waals surface area contributed by atoms with Crippen LogP contribution in [0.2, 0.25) is 0 Å². The summed E-state index contributed by atoms with van der Waals surface area (Å²) in [5, 5.41) is 0.317. The zero-order chi connectivity index (χ0) is 22.3. The van der Waals surface area contributed by atoms with Crippen molar-refractivity contribution >= 4 is 27.0 Å². The molecule has 0 bridgehead atoms. The highest BCUT2D eigenvalue weighted by Gasteiger charge is 2.24. The van der Waals surface area contributed by atoms with Crippen LogP contribution in [0.25, 0.3) is 11.0 Å². The minimum atomic E-state index is -4.22. The predicted octanol–water partition coefficient (Wildman–Crippen LogP) is 2.29. The minimum Gasteiger partial charge on any atom is -0.481 e. The zero-order valence-electron chi connectivity index (χ0n) is 16.9. The number of methoxy groups -OCH3 is 2. The average molecular weight is 415 g/mol. The first-order chi connectivity index (χ1) is 14.0. The van der Waals surface area contributed by atoms with Gasteiger partial charge in [0.2, 0.25) is 24.1 Å². The van der Waals surface area contributed by atoms with E-state index in [-0.39, 0.29) is 4.90 Å². The van der Waals surface area contributed by atoms with Crippen LogP contribution in [0.5, 0.6) is 11.8 Å². The first-order valence-electron chi connectivity index (χ1n) is 8.77. The highest BCUT2D eigenvalue weighted by molar-refractivity contribution is 7.93. The Hall–Kier alpha value is -3.02. The number of pyridine rings is 1. The summed E-state index contributed by atoms with van der Waals surface area (Å²) in [6.07, 6.45) is -5.40. The van der Waals surface area contributed by atoms with E-state index in [1.54, 1.807) is 19.1 Å². The van der Waals surface area contributed by atoms with E-state index in [1.165, 1.54) is 6.20 Å². The number of aromatic nitrogens is 4. The van der Waals surface area contributed by atoms with Crippen molar-refractivity contribution in [2.45, 2.75) is 24.6 Å². The second kappa shape index (κ2) is 7.54. The molecule has 3 aromatic rings. The summed E-state index contributed by atoms with van der Waals surface area (Å²) in [7, 11) is -2.09. The normalized spacial score (nSPS) is 13.4. The van der Waals surface area contributed by atoms with Crippen LogP contribution in [-0.2, 0) is 16.4 Å². The van der Waals surface area contributed by atoms with Crippen LogP contribution in [0.4, 0.5) is 14.7 Å². The van der Waals surface area contributed by atoms with Crippen molar-refractivity contribution in [2.24, 2.45) is 0 Å². The van der Waals surface area contributed by atoms with Crippen molar-refractivity contribution in [2.75, 3.05) is 18.9 Å². The Bertz CT molecular complexity index is 1180. The third-order valence-electron chi connectivity index (χ3n) is 3.64. The molecule has 0 aliphatic carbocycles. The van der Waals surface area contributed by atoms with Gasteiger partial charge >= 0.3 is 0 Å². The predicted molar refractivity (Wildman–Crippen MR) is 96.5 cm³/mol. The van der Waals surface area contributed by atoms with Gasteiger partial charge in [0.1, 0.15) is 10.5 Å². The standard InChI is InChI=1S/C16H17F2N5O4S/c1-8-4-5-9-11(7-19-13(9)20-8)28(24,25)23-16-21-14(26-2)10(6-12(17)18)15(22-16)27-3/h4-5,7,12H,6H2,1-3H3,(H,19,20)(H,21,22,23)/i6D2. The molecule has 150 valence electrons. The molecule has 0 saturated carbocycles. The number of alkyl halides is 2. The Morgan fingerprint density at radius 1 is 1.21 bits per heavy atom. The third-order valence-corrected chi connectivity index (χ3v) is 5.01. The lowest BCUT2D eigenvalue weighted by molar-refractivity contribution is 0.146. The maximum Gasteiger partial charge on any atom is 0.266 e. The number of hydrogen-bond donors (Lipinski definition) is 2. The van der Waals surface area contributed by atoms with Gasteiger partial charge in [-0.3, -0.25) is 0 Å². The monoisotopic (exact) mass is 415 g/mol. The van der Waals surface area contributed by atoms with Crippen molar-refractivity contribution in [3.05, 3.63) is 29.6 Å². The van der Waals surface area contributed by atoms with Gasteiger partial charge in [-0.15, -0.1) is 0 Å². The molecule has 3 heterocycles. The number of aromatic amines is 1. The van der Waals surface area contributed by atoms with Crippen molar-refractivity contribution in [3.63, 3.8) is 0 Å². The van der Waals surface area contributed by atoms with Gasteiger partial charge in [0.05, 0.1) is 19.8 Å². The second-order valence-electron chi connectivity index (χ2n) is 5.49. The number of rotatable bonds is 7. The van der Waals surface area contributed by atoms with Crippen LogP contribution in [0, 0.1) is 6.92 Å². The maximum absolute atomic E-state index is 13.2. The number of halogens is 2. The number of ether oxygens (including phenoxy) is 2. The largest absolute Gasteiger partial charge is 0.481 e. The molecule has 9 nitrogen and oxygen atoms in total. The molecule has 3 aromatic heterocycles. The van der Waals surface area contributed by atoms with Gasteiger partial charge in [0.25, 0.3) is 10.0 Å². The minimum absolute atomic E-state index is 0.140. The lowest BCUT2D eigenvalue weighted by atomic mass is 10.2. The number of hydrogen-bond acceptors (Lipinski definition) is 7. The van der Waals surface area contributed by atoms with Crippen LogP contribution in [0.15, 0.2) is 23.2 Å². The van der Waals surface area contributed by atoms with Crippen LogP contribution >= 0.6 is 0 Å². The maximum atomic E-state index is 13.2. The van der Waals surface area contributed by atoms with Crippen molar-refractivity contribution in [1.82, 2.24) is 19.9 Å². The lowest BCUT2D eigenvalue weighted by Gasteiger charge is -2.13. The Kier molecular flexibility index (Phi) is 4.61. The fourth-order valence-electron chi connectivity index (χ4n) is 2.47. The van der Waals surface area contributed by atoms with E-state index >= 15 is 0 Å². The van der Waals surface area contributed by atoms with Gasteiger partial charge in [-0.1, -0.05) is 0 Å². The highest BCUT2D eigenvalue weighted by atomic mass is 32.2. The van der Waals surface area contributed by atoms with Gasteiger partial charge < -0.3 is 14.5 Å². The number of fused-ring (bicyclic) bond motifs is 1. The molecule has 0 fully saturated rings. The molecule has 0 amide bonds. The smallest absolute Gasteiger partial charge is 0.266 e.